The molecule has 116 valence electrons. The first-order valence-electron chi connectivity index (χ1n) is 6.89. The second kappa shape index (κ2) is 7.64. The third-order valence-corrected chi connectivity index (χ3v) is 2.86. The molecule has 0 aliphatic rings. The van der Waals surface area contributed by atoms with Crippen LogP contribution in [0.1, 0.15) is 38.0 Å². The number of hydrogen-bond donors (Lipinski definition) is 3. The van der Waals surface area contributed by atoms with Crippen LogP contribution in [0.5, 0.6) is 5.75 Å². The number of aryl methyl sites for hydroxylation is 1. The van der Waals surface area contributed by atoms with Crippen LogP contribution in [0.4, 0.5) is 4.79 Å². The maximum absolute atomic E-state index is 11.8. The van der Waals surface area contributed by atoms with Crippen molar-refractivity contribution in [3.8, 4) is 5.75 Å². The molecule has 2 unspecified atom stereocenters. The van der Waals surface area contributed by atoms with Gasteiger partial charge in [-0.25, -0.2) is 4.79 Å². The highest BCUT2D eigenvalue weighted by Crippen LogP contribution is 2.27. The largest absolute Gasteiger partial charge is 0.481 e. The molecule has 0 aliphatic carbocycles. The lowest BCUT2D eigenvalue weighted by atomic mass is 10.1. The van der Waals surface area contributed by atoms with E-state index in [0.717, 1.165) is 5.56 Å². The number of aliphatic hydroxyl groups excluding tert-OH is 1. The van der Waals surface area contributed by atoms with Gasteiger partial charge in [-0.1, -0.05) is 11.6 Å². The number of imide groups is 1. The predicted octanol–water partition coefficient (Wildman–Crippen LogP) is 1.66. The molecule has 0 spiro atoms. The topological polar surface area (TPSA) is 87.7 Å². The van der Waals surface area contributed by atoms with Gasteiger partial charge in [0.25, 0.3) is 5.91 Å². The standard InChI is InChI=1S/C15H22N2O4/c1-5-16-15(20)17-14(19)11(4)21-13-7-6-9(2)8-12(13)10(3)18/h6-8,10-11,18H,5H2,1-4H3,(H2,16,17,19,20). The van der Waals surface area contributed by atoms with Gasteiger partial charge in [-0.15, -0.1) is 0 Å². The molecule has 0 bridgehead atoms. The Morgan fingerprint density at radius 2 is 2.00 bits per heavy atom. The Bertz CT molecular complexity index is 514. The molecule has 6 nitrogen and oxygen atoms in total. The van der Waals surface area contributed by atoms with Crippen LogP contribution in [0.15, 0.2) is 18.2 Å². The van der Waals surface area contributed by atoms with E-state index in [0.29, 0.717) is 17.9 Å². The van der Waals surface area contributed by atoms with E-state index in [9.17, 15) is 14.7 Å². The average Bonchev–Trinajstić information content (AvgIpc) is 2.40. The van der Waals surface area contributed by atoms with Crippen molar-refractivity contribution in [2.45, 2.75) is 39.9 Å². The molecule has 0 heterocycles. The number of hydrogen-bond acceptors (Lipinski definition) is 4. The van der Waals surface area contributed by atoms with Crippen molar-refractivity contribution < 1.29 is 19.4 Å². The quantitative estimate of drug-likeness (QED) is 0.770. The van der Waals surface area contributed by atoms with E-state index >= 15 is 0 Å². The molecular weight excluding hydrogens is 272 g/mol. The molecule has 1 aromatic carbocycles. The van der Waals surface area contributed by atoms with Crippen LogP contribution in [0, 0.1) is 6.92 Å². The molecule has 2 atom stereocenters. The van der Waals surface area contributed by atoms with Gasteiger partial charge in [0.05, 0.1) is 6.10 Å². The van der Waals surface area contributed by atoms with Crippen molar-refractivity contribution in [2.24, 2.45) is 0 Å². The summed E-state index contributed by atoms with van der Waals surface area (Å²) in [6.07, 6.45) is -1.56. The van der Waals surface area contributed by atoms with E-state index < -0.39 is 24.1 Å². The van der Waals surface area contributed by atoms with Gasteiger partial charge in [0.2, 0.25) is 0 Å². The summed E-state index contributed by atoms with van der Waals surface area (Å²) < 4.78 is 5.55. The van der Waals surface area contributed by atoms with E-state index in [1.165, 1.54) is 0 Å². The molecule has 1 aromatic rings. The third-order valence-electron chi connectivity index (χ3n) is 2.86. The van der Waals surface area contributed by atoms with Gasteiger partial charge in [-0.2, -0.15) is 0 Å². The summed E-state index contributed by atoms with van der Waals surface area (Å²) in [5.74, 6) is -0.118. The van der Waals surface area contributed by atoms with Gasteiger partial charge < -0.3 is 15.2 Å². The number of carbonyl (C=O) groups excluding carboxylic acids is 2. The number of rotatable bonds is 5. The summed E-state index contributed by atoms with van der Waals surface area (Å²) in [5.41, 5.74) is 1.59. The van der Waals surface area contributed by atoms with Crippen LogP contribution in [-0.4, -0.2) is 29.7 Å². The van der Waals surface area contributed by atoms with Crippen molar-refractivity contribution in [3.63, 3.8) is 0 Å². The normalized spacial score (nSPS) is 13.2. The Morgan fingerprint density at radius 1 is 1.33 bits per heavy atom. The second-order valence-electron chi connectivity index (χ2n) is 4.83. The lowest BCUT2D eigenvalue weighted by Gasteiger charge is -2.18. The number of carbonyl (C=O) groups is 2. The molecule has 21 heavy (non-hydrogen) atoms. The third kappa shape index (κ3) is 5.07. The number of nitrogens with one attached hydrogen (secondary N) is 2. The first kappa shape index (κ1) is 17.0. The lowest BCUT2D eigenvalue weighted by molar-refractivity contribution is -0.126. The minimum atomic E-state index is -0.854. The Morgan fingerprint density at radius 3 is 2.57 bits per heavy atom. The average molecular weight is 294 g/mol. The summed E-state index contributed by atoms with van der Waals surface area (Å²) in [7, 11) is 0. The van der Waals surface area contributed by atoms with Crippen LogP contribution < -0.4 is 15.4 Å². The molecule has 0 saturated heterocycles. The molecule has 0 aromatic heterocycles. The molecular formula is C15H22N2O4. The Balaban J connectivity index is 2.76. The van der Waals surface area contributed by atoms with Gasteiger partial charge in [0.1, 0.15) is 5.75 Å². The number of benzene rings is 1. The summed E-state index contributed by atoms with van der Waals surface area (Å²) in [6, 6.07) is 4.77. The fraction of sp³-hybridized carbons (Fsp3) is 0.467. The van der Waals surface area contributed by atoms with Crippen LogP contribution in [-0.2, 0) is 4.79 Å². The van der Waals surface area contributed by atoms with E-state index in [1.807, 2.05) is 13.0 Å². The minimum Gasteiger partial charge on any atom is -0.481 e. The zero-order chi connectivity index (χ0) is 16.0. The fourth-order valence-electron chi connectivity index (χ4n) is 1.76. The fourth-order valence-corrected chi connectivity index (χ4v) is 1.76. The van der Waals surface area contributed by atoms with Crippen LogP contribution in [0.3, 0.4) is 0 Å². The van der Waals surface area contributed by atoms with Crippen molar-refractivity contribution in [1.82, 2.24) is 10.6 Å². The van der Waals surface area contributed by atoms with Gasteiger partial charge in [0.15, 0.2) is 6.10 Å². The first-order valence-corrected chi connectivity index (χ1v) is 6.89. The highest BCUT2D eigenvalue weighted by molar-refractivity contribution is 5.96. The maximum atomic E-state index is 11.8. The molecule has 3 amide bonds. The minimum absolute atomic E-state index is 0.425. The molecule has 0 saturated carbocycles. The molecule has 1 rings (SSSR count). The number of aliphatic hydroxyl groups is 1. The van der Waals surface area contributed by atoms with Gasteiger partial charge in [0, 0.05) is 12.1 Å². The first-order chi connectivity index (χ1) is 9.85. The van der Waals surface area contributed by atoms with E-state index in [4.69, 9.17) is 4.74 Å². The second-order valence-corrected chi connectivity index (χ2v) is 4.83. The van der Waals surface area contributed by atoms with Crippen LogP contribution in [0.2, 0.25) is 0 Å². The van der Waals surface area contributed by atoms with Gasteiger partial charge >= 0.3 is 6.03 Å². The summed E-state index contributed by atoms with van der Waals surface area (Å²) in [4.78, 5) is 23.1. The van der Waals surface area contributed by atoms with Crippen LogP contribution in [0.25, 0.3) is 0 Å². The monoisotopic (exact) mass is 294 g/mol. The lowest BCUT2D eigenvalue weighted by Crippen LogP contribution is -2.45. The highest BCUT2D eigenvalue weighted by Gasteiger charge is 2.19. The van der Waals surface area contributed by atoms with Crippen molar-refractivity contribution >= 4 is 11.9 Å². The summed E-state index contributed by atoms with van der Waals surface area (Å²) in [5, 5.41) is 14.4. The molecule has 0 radical (unpaired) electrons. The number of ether oxygens (including phenoxy) is 1. The smallest absolute Gasteiger partial charge is 0.321 e. The van der Waals surface area contributed by atoms with Crippen molar-refractivity contribution in [3.05, 3.63) is 29.3 Å². The highest BCUT2D eigenvalue weighted by atomic mass is 16.5. The van der Waals surface area contributed by atoms with E-state index in [2.05, 4.69) is 10.6 Å². The molecule has 0 aliphatic heterocycles. The predicted molar refractivity (Wildman–Crippen MR) is 79.1 cm³/mol. The Hall–Kier alpha value is -2.08. The number of urea groups is 1. The van der Waals surface area contributed by atoms with E-state index in [1.54, 1.807) is 32.9 Å². The molecule has 3 N–H and O–H groups in total. The molecule has 0 fully saturated rings. The van der Waals surface area contributed by atoms with Gasteiger partial charge in [-0.05, 0) is 39.8 Å². The summed E-state index contributed by atoms with van der Waals surface area (Å²) >= 11 is 0. The van der Waals surface area contributed by atoms with Gasteiger partial charge in [-0.3, -0.25) is 10.1 Å². The Labute approximate surface area is 124 Å². The molecule has 6 heteroatoms. The van der Waals surface area contributed by atoms with Crippen LogP contribution >= 0.6 is 0 Å². The zero-order valence-electron chi connectivity index (χ0n) is 12.8. The van der Waals surface area contributed by atoms with Crippen molar-refractivity contribution in [2.75, 3.05) is 6.54 Å². The maximum Gasteiger partial charge on any atom is 0.321 e. The Kier molecular flexibility index (Phi) is 6.17. The SMILES string of the molecule is CCNC(=O)NC(=O)C(C)Oc1ccc(C)cc1C(C)O. The van der Waals surface area contributed by atoms with Crippen molar-refractivity contribution in [1.29, 1.82) is 0 Å². The number of amides is 3. The van der Waals surface area contributed by atoms with E-state index in [-0.39, 0.29) is 0 Å². The summed E-state index contributed by atoms with van der Waals surface area (Å²) in [6.45, 7) is 7.26. The zero-order valence-corrected chi connectivity index (χ0v) is 12.8.